The minimum Gasteiger partial charge on any atom is -0.497 e. The summed E-state index contributed by atoms with van der Waals surface area (Å²) < 4.78 is 5.15. The van der Waals surface area contributed by atoms with Crippen molar-refractivity contribution in [3.05, 3.63) is 48.5 Å². The summed E-state index contributed by atoms with van der Waals surface area (Å²) in [4.78, 5) is 11.0. The molecule has 104 valence electrons. The van der Waals surface area contributed by atoms with Crippen LogP contribution in [0.5, 0.6) is 5.75 Å². The number of amides is 1. The van der Waals surface area contributed by atoms with Crippen LogP contribution in [0.4, 0.5) is 17.1 Å². The molecule has 0 aliphatic rings. The molecule has 1 amide bonds. The van der Waals surface area contributed by atoms with Gasteiger partial charge in [0.25, 0.3) is 0 Å². The summed E-state index contributed by atoms with van der Waals surface area (Å²) in [6, 6.07) is 15.0. The minimum absolute atomic E-state index is 0.0945. The number of carbonyl (C=O) groups is 1. The van der Waals surface area contributed by atoms with Crippen LogP contribution in [0.2, 0.25) is 0 Å². The van der Waals surface area contributed by atoms with Gasteiger partial charge in [-0.1, -0.05) is 12.1 Å². The number of hydrogen-bond donors (Lipinski definition) is 3. The number of nitrogens with one attached hydrogen (secondary N) is 3. The molecule has 0 saturated carbocycles. The molecule has 0 fully saturated rings. The predicted octanol–water partition coefficient (Wildman–Crippen LogP) is 3.09. The topological polar surface area (TPSA) is 62.4 Å². The maximum Gasteiger partial charge on any atom is 0.221 e. The lowest BCUT2D eigenvalue weighted by Crippen LogP contribution is -2.10. The smallest absolute Gasteiger partial charge is 0.221 e. The molecule has 0 spiro atoms. The lowest BCUT2D eigenvalue weighted by molar-refractivity contribution is -0.114. The van der Waals surface area contributed by atoms with Crippen LogP contribution in [0.25, 0.3) is 0 Å². The SMILES string of the molecule is COc1cccc(NNc2cccc(NC(C)=O)c2)c1. The van der Waals surface area contributed by atoms with Gasteiger partial charge in [0, 0.05) is 18.7 Å². The van der Waals surface area contributed by atoms with E-state index in [4.69, 9.17) is 4.74 Å². The third-order valence-corrected chi connectivity index (χ3v) is 2.60. The Kier molecular flexibility index (Phi) is 4.44. The first kappa shape index (κ1) is 13.7. The summed E-state index contributed by atoms with van der Waals surface area (Å²) in [5.74, 6) is 0.687. The van der Waals surface area contributed by atoms with Crippen molar-refractivity contribution in [1.29, 1.82) is 0 Å². The Morgan fingerprint density at radius 2 is 1.55 bits per heavy atom. The van der Waals surface area contributed by atoms with Gasteiger partial charge in [0.2, 0.25) is 5.91 Å². The van der Waals surface area contributed by atoms with Gasteiger partial charge in [-0.05, 0) is 30.3 Å². The highest BCUT2D eigenvalue weighted by atomic mass is 16.5. The summed E-state index contributed by atoms with van der Waals surface area (Å²) in [5.41, 5.74) is 8.62. The molecule has 2 aromatic carbocycles. The lowest BCUT2D eigenvalue weighted by atomic mass is 10.3. The standard InChI is InChI=1S/C15H17N3O2/c1-11(19)16-12-5-3-6-13(9-12)17-18-14-7-4-8-15(10-14)20-2/h3-10,17-18H,1-2H3,(H,16,19). The summed E-state index contributed by atoms with van der Waals surface area (Å²) in [7, 11) is 1.63. The molecule has 20 heavy (non-hydrogen) atoms. The zero-order chi connectivity index (χ0) is 14.4. The fourth-order valence-electron chi connectivity index (χ4n) is 1.72. The van der Waals surface area contributed by atoms with Crippen molar-refractivity contribution < 1.29 is 9.53 Å². The van der Waals surface area contributed by atoms with Gasteiger partial charge in [0.1, 0.15) is 5.75 Å². The van der Waals surface area contributed by atoms with Gasteiger partial charge < -0.3 is 20.9 Å². The molecule has 0 bridgehead atoms. The second kappa shape index (κ2) is 6.47. The van der Waals surface area contributed by atoms with Crippen LogP contribution in [-0.2, 0) is 4.79 Å². The number of anilines is 3. The Morgan fingerprint density at radius 1 is 0.950 bits per heavy atom. The molecule has 5 heteroatoms. The number of methoxy groups -OCH3 is 1. The molecule has 0 atom stereocenters. The van der Waals surface area contributed by atoms with Crippen molar-refractivity contribution in [2.75, 3.05) is 23.3 Å². The molecule has 5 nitrogen and oxygen atoms in total. The van der Waals surface area contributed by atoms with Gasteiger partial charge in [-0.15, -0.1) is 0 Å². The van der Waals surface area contributed by atoms with Gasteiger partial charge in [-0.25, -0.2) is 0 Å². The molecule has 2 rings (SSSR count). The van der Waals surface area contributed by atoms with Crippen LogP contribution in [-0.4, -0.2) is 13.0 Å². The third-order valence-electron chi connectivity index (χ3n) is 2.60. The Bertz CT molecular complexity index is 599. The van der Waals surface area contributed by atoms with Gasteiger partial charge >= 0.3 is 0 Å². The molecule has 0 radical (unpaired) electrons. The third kappa shape index (κ3) is 3.91. The summed E-state index contributed by atoms with van der Waals surface area (Å²) in [5, 5.41) is 2.73. The number of benzene rings is 2. The van der Waals surface area contributed by atoms with E-state index in [0.29, 0.717) is 0 Å². The van der Waals surface area contributed by atoms with E-state index >= 15 is 0 Å². The van der Waals surface area contributed by atoms with E-state index < -0.39 is 0 Å². The molecule has 3 N–H and O–H groups in total. The average molecular weight is 271 g/mol. The van der Waals surface area contributed by atoms with E-state index in [1.165, 1.54) is 6.92 Å². The fraction of sp³-hybridized carbons (Fsp3) is 0.133. The highest BCUT2D eigenvalue weighted by Crippen LogP contribution is 2.18. The van der Waals surface area contributed by atoms with Crippen molar-refractivity contribution >= 4 is 23.0 Å². The zero-order valence-corrected chi connectivity index (χ0v) is 11.4. The number of hydrogen-bond acceptors (Lipinski definition) is 4. The summed E-state index contributed by atoms with van der Waals surface area (Å²) in [6.07, 6.45) is 0. The molecular weight excluding hydrogens is 254 g/mol. The molecule has 2 aromatic rings. The minimum atomic E-state index is -0.0945. The van der Waals surface area contributed by atoms with Crippen molar-refractivity contribution in [3.63, 3.8) is 0 Å². The monoisotopic (exact) mass is 271 g/mol. The molecule has 0 saturated heterocycles. The zero-order valence-electron chi connectivity index (χ0n) is 11.4. The van der Waals surface area contributed by atoms with Gasteiger partial charge in [0.15, 0.2) is 0 Å². The molecule has 0 heterocycles. The largest absolute Gasteiger partial charge is 0.497 e. The van der Waals surface area contributed by atoms with Crippen LogP contribution in [0.3, 0.4) is 0 Å². The first-order valence-electron chi connectivity index (χ1n) is 6.21. The van der Waals surface area contributed by atoms with E-state index in [1.54, 1.807) is 7.11 Å². The van der Waals surface area contributed by atoms with Gasteiger partial charge in [-0.2, -0.15) is 0 Å². The molecule has 0 aliphatic heterocycles. The number of ether oxygens (including phenoxy) is 1. The highest BCUT2D eigenvalue weighted by molar-refractivity contribution is 5.89. The summed E-state index contributed by atoms with van der Waals surface area (Å²) >= 11 is 0. The first-order chi connectivity index (χ1) is 9.67. The Labute approximate surface area is 117 Å². The average Bonchev–Trinajstić information content (AvgIpc) is 2.45. The van der Waals surface area contributed by atoms with Crippen molar-refractivity contribution in [2.24, 2.45) is 0 Å². The Morgan fingerprint density at radius 3 is 2.20 bits per heavy atom. The molecule has 0 unspecified atom stereocenters. The van der Waals surface area contributed by atoms with Gasteiger partial charge in [0.05, 0.1) is 18.5 Å². The van der Waals surface area contributed by atoms with Crippen molar-refractivity contribution in [1.82, 2.24) is 0 Å². The fourth-order valence-corrected chi connectivity index (χ4v) is 1.72. The van der Waals surface area contributed by atoms with Crippen LogP contribution < -0.4 is 20.9 Å². The quantitative estimate of drug-likeness (QED) is 0.731. The predicted molar refractivity (Wildman–Crippen MR) is 81.0 cm³/mol. The summed E-state index contributed by atoms with van der Waals surface area (Å²) in [6.45, 7) is 1.48. The number of rotatable bonds is 5. The second-order valence-corrected chi connectivity index (χ2v) is 4.24. The number of hydrazine groups is 1. The van der Waals surface area contributed by atoms with Crippen molar-refractivity contribution in [3.8, 4) is 5.75 Å². The van der Waals surface area contributed by atoms with Gasteiger partial charge in [-0.3, -0.25) is 4.79 Å². The molecule has 0 aromatic heterocycles. The van der Waals surface area contributed by atoms with Crippen LogP contribution in [0.15, 0.2) is 48.5 Å². The van der Waals surface area contributed by atoms with Crippen LogP contribution >= 0.6 is 0 Å². The van der Waals surface area contributed by atoms with E-state index in [1.807, 2.05) is 48.5 Å². The normalized spacial score (nSPS) is 9.70. The lowest BCUT2D eigenvalue weighted by Gasteiger charge is -2.12. The van der Waals surface area contributed by atoms with E-state index in [-0.39, 0.29) is 5.91 Å². The van der Waals surface area contributed by atoms with Crippen molar-refractivity contribution in [2.45, 2.75) is 6.92 Å². The molecule has 0 aliphatic carbocycles. The first-order valence-corrected chi connectivity index (χ1v) is 6.21. The van der Waals surface area contributed by atoms with E-state index in [2.05, 4.69) is 16.2 Å². The van der Waals surface area contributed by atoms with Crippen LogP contribution in [0.1, 0.15) is 6.92 Å². The highest BCUT2D eigenvalue weighted by Gasteiger charge is 1.98. The Balaban J connectivity index is 2.01. The maximum absolute atomic E-state index is 11.0. The van der Waals surface area contributed by atoms with E-state index in [0.717, 1.165) is 22.8 Å². The van der Waals surface area contributed by atoms with Crippen LogP contribution in [0, 0.1) is 0 Å². The second-order valence-electron chi connectivity index (χ2n) is 4.24. The number of carbonyl (C=O) groups excluding carboxylic acids is 1. The Hall–Kier alpha value is -2.69. The molecular formula is C15H17N3O2. The van der Waals surface area contributed by atoms with E-state index in [9.17, 15) is 4.79 Å². The maximum atomic E-state index is 11.0.